The summed E-state index contributed by atoms with van der Waals surface area (Å²) in [7, 11) is 0. The van der Waals surface area contributed by atoms with Crippen molar-refractivity contribution in [3.05, 3.63) is 83.4 Å². The zero-order chi connectivity index (χ0) is 24.0. The predicted octanol–water partition coefficient (Wildman–Crippen LogP) is 6.33. The van der Waals surface area contributed by atoms with Crippen LogP contribution in [0.1, 0.15) is 54.4 Å². The molecular weight excluding hydrogens is 456 g/mol. The molecule has 3 aliphatic rings. The summed E-state index contributed by atoms with van der Waals surface area (Å²) in [6.07, 6.45) is 6.24. The van der Waals surface area contributed by atoms with Crippen LogP contribution in [0.4, 0.5) is 0 Å². The molecule has 3 saturated carbocycles. The number of carbonyl (C=O) groups excluding carboxylic acids is 1. The van der Waals surface area contributed by atoms with Gasteiger partial charge in [0, 0.05) is 23.7 Å². The van der Waals surface area contributed by atoms with Crippen molar-refractivity contribution in [3.63, 3.8) is 0 Å². The highest BCUT2D eigenvalue weighted by molar-refractivity contribution is 7.17. The molecule has 6 heteroatoms. The fraction of sp³-hybridized carbons (Fsp3) is 0.310. The zero-order valence-electron chi connectivity index (χ0n) is 19.5. The van der Waals surface area contributed by atoms with Crippen LogP contribution in [0.25, 0.3) is 21.3 Å². The second-order valence-corrected chi connectivity index (χ2v) is 11.1. The summed E-state index contributed by atoms with van der Waals surface area (Å²) >= 11 is 1.60. The Morgan fingerprint density at radius 2 is 1.54 bits per heavy atom. The van der Waals surface area contributed by atoms with E-state index in [1.807, 2.05) is 23.6 Å². The third-order valence-corrected chi connectivity index (χ3v) is 9.16. The van der Waals surface area contributed by atoms with Crippen LogP contribution < -0.4 is 5.32 Å². The predicted molar refractivity (Wildman–Crippen MR) is 139 cm³/mol. The van der Waals surface area contributed by atoms with Gasteiger partial charge in [0.15, 0.2) is 0 Å². The average molecular weight is 485 g/mol. The van der Waals surface area contributed by atoms with Gasteiger partial charge in [0.1, 0.15) is 0 Å². The fourth-order valence-electron chi connectivity index (χ4n) is 5.94. The molecule has 178 valence electrons. The number of carbonyl (C=O) groups is 2. The lowest BCUT2D eigenvalue weighted by Gasteiger charge is -2.51. The molecule has 3 fully saturated rings. The lowest BCUT2D eigenvalue weighted by molar-refractivity contribution is -0.156. The number of thiophene rings is 1. The number of nitrogens with zero attached hydrogens (tertiary/aromatic N) is 1. The number of aromatic nitrogens is 1. The molecule has 2 aromatic heterocycles. The molecule has 2 heterocycles. The first-order valence-corrected chi connectivity index (χ1v) is 13.1. The van der Waals surface area contributed by atoms with Crippen LogP contribution in [-0.4, -0.2) is 27.1 Å². The van der Waals surface area contributed by atoms with Crippen LogP contribution in [0.5, 0.6) is 0 Å². The van der Waals surface area contributed by atoms with E-state index < -0.39 is 11.4 Å². The van der Waals surface area contributed by atoms with Crippen LogP contribution in [0.2, 0.25) is 0 Å². The molecule has 7 rings (SSSR count). The lowest BCUT2D eigenvalue weighted by Crippen LogP contribution is -2.58. The number of benzene rings is 2. The van der Waals surface area contributed by atoms with Crippen LogP contribution >= 0.6 is 11.3 Å². The summed E-state index contributed by atoms with van der Waals surface area (Å²) in [6, 6.07) is 21.0. The van der Waals surface area contributed by atoms with Gasteiger partial charge in [-0.25, -0.2) is 0 Å². The first-order valence-electron chi connectivity index (χ1n) is 12.2. The van der Waals surface area contributed by atoms with Gasteiger partial charge in [0.2, 0.25) is 0 Å². The average Bonchev–Trinajstić information content (AvgIpc) is 3.49. The number of hydrogen-bond acceptors (Lipinski definition) is 3. The standard InChI is InChI=1S/C29H28N2O3S/c32-26(30-29-14-11-28(12-15-29,13-16-29)27(33)34)23-19-35-24-10-17-31(25(23)24)18-20-6-8-22(9-7-20)21-4-2-1-3-5-21/h1-10,17,19H,11-16,18H2,(H,30,32)(H,33,34). The molecule has 2 N–H and O–H groups in total. The molecule has 0 atom stereocenters. The Labute approximate surface area is 208 Å². The first kappa shape index (κ1) is 22.1. The summed E-state index contributed by atoms with van der Waals surface area (Å²) in [6.45, 7) is 0.696. The summed E-state index contributed by atoms with van der Waals surface area (Å²) in [5, 5.41) is 15.0. The van der Waals surface area contributed by atoms with Crippen molar-refractivity contribution in [3.8, 4) is 11.1 Å². The van der Waals surface area contributed by atoms with Gasteiger partial charge in [-0.2, -0.15) is 0 Å². The Balaban J connectivity index is 1.21. The molecule has 35 heavy (non-hydrogen) atoms. The van der Waals surface area contributed by atoms with Crippen molar-refractivity contribution < 1.29 is 14.7 Å². The summed E-state index contributed by atoms with van der Waals surface area (Å²) < 4.78 is 3.26. The smallest absolute Gasteiger partial charge is 0.309 e. The number of carboxylic acid groups (broad SMARTS) is 1. The highest BCUT2D eigenvalue weighted by Gasteiger charge is 2.53. The Kier molecular flexibility index (Phi) is 5.29. The molecule has 1 amide bonds. The maximum atomic E-state index is 13.5. The number of carboxylic acids is 1. The topological polar surface area (TPSA) is 71.3 Å². The largest absolute Gasteiger partial charge is 0.481 e. The van der Waals surface area contributed by atoms with E-state index in [0.29, 0.717) is 31.4 Å². The second-order valence-electron chi connectivity index (χ2n) is 10.2. The Morgan fingerprint density at radius 1 is 0.886 bits per heavy atom. The molecule has 3 aliphatic carbocycles. The SMILES string of the molecule is O=C(NC12CCC(C(=O)O)(CC1)CC2)c1csc2ccn(Cc3ccc(-c4ccccc4)cc3)c12. The monoisotopic (exact) mass is 484 g/mol. The minimum absolute atomic E-state index is 0.0413. The maximum absolute atomic E-state index is 13.5. The molecule has 0 aliphatic heterocycles. The quantitative estimate of drug-likeness (QED) is 0.336. The van der Waals surface area contributed by atoms with Gasteiger partial charge in [-0.15, -0.1) is 11.3 Å². The van der Waals surface area contributed by atoms with Crippen LogP contribution in [-0.2, 0) is 11.3 Å². The first-order chi connectivity index (χ1) is 17.0. The molecular formula is C29H28N2O3S. The number of hydrogen-bond donors (Lipinski definition) is 2. The van der Waals surface area contributed by atoms with Gasteiger partial charge in [-0.1, -0.05) is 54.6 Å². The number of nitrogens with one attached hydrogen (secondary N) is 1. The number of fused-ring (bicyclic) bond motifs is 4. The molecule has 4 aromatic rings. The van der Waals surface area contributed by atoms with E-state index in [2.05, 4.69) is 58.5 Å². The van der Waals surface area contributed by atoms with Crippen LogP contribution in [0.3, 0.4) is 0 Å². The van der Waals surface area contributed by atoms with Gasteiger partial charge < -0.3 is 15.0 Å². The highest BCUT2D eigenvalue weighted by atomic mass is 32.1. The normalized spacial score (nSPS) is 23.4. The van der Waals surface area contributed by atoms with Gasteiger partial charge in [0.25, 0.3) is 5.91 Å². The fourth-order valence-corrected chi connectivity index (χ4v) is 6.88. The van der Waals surface area contributed by atoms with E-state index in [0.717, 1.165) is 29.5 Å². The van der Waals surface area contributed by atoms with Crippen molar-refractivity contribution in [1.82, 2.24) is 9.88 Å². The van der Waals surface area contributed by atoms with Crippen molar-refractivity contribution in [2.24, 2.45) is 5.41 Å². The minimum Gasteiger partial charge on any atom is -0.481 e. The third kappa shape index (κ3) is 3.86. The van der Waals surface area contributed by atoms with Crippen molar-refractivity contribution in [2.75, 3.05) is 0 Å². The van der Waals surface area contributed by atoms with Crippen molar-refractivity contribution >= 4 is 33.4 Å². The summed E-state index contributed by atoms with van der Waals surface area (Å²) in [5.74, 6) is -0.716. The van der Waals surface area contributed by atoms with E-state index >= 15 is 0 Å². The number of amides is 1. The van der Waals surface area contributed by atoms with Crippen LogP contribution in [0.15, 0.2) is 72.2 Å². The minimum atomic E-state index is -0.675. The summed E-state index contributed by atoms with van der Waals surface area (Å²) in [4.78, 5) is 25.2. The molecule has 5 nitrogen and oxygen atoms in total. The van der Waals surface area contributed by atoms with E-state index in [-0.39, 0.29) is 11.4 Å². The maximum Gasteiger partial charge on any atom is 0.309 e. The van der Waals surface area contributed by atoms with E-state index in [1.165, 1.54) is 16.7 Å². The van der Waals surface area contributed by atoms with Crippen molar-refractivity contribution in [2.45, 2.75) is 50.6 Å². The van der Waals surface area contributed by atoms with E-state index in [9.17, 15) is 14.7 Å². The second kappa shape index (κ2) is 8.38. The third-order valence-electron chi connectivity index (χ3n) is 8.22. The Morgan fingerprint density at radius 3 is 2.20 bits per heavy atom. The molecule has 2 aromatic carbocycles. The highest BCUT2D eigenvalue weighted by Crippen LogP contribution is 2.52. The van der Waals surface area contributed by atoms with Gasteiger partial charge >= 0.3 is 5.97 Å². The zero-order valence-corrected chi connectivity index (χ0v) is 20.3. The molecule has 2 bridgehead atoms. The molecule has 0 unspecified atom stereocenters. The van der Waals surface area contributed by atoms with Gasteiger partial charge in [-0.3, -0.25) is 9.59 Å². The van der Waals surface area contributed by atoms with E-state index in [4.69, 9.17) is 0 Å². The summed E-state index contributed by atoms with van der Waals surface area (Å²) in [5.41, 5.74) is 4.41. The molecule has 0 saturated heterocycles. The Hall–Kier alpha value is -3.38. The number of aliphatic carboxylic acids is 1. The van der Waals surface area contributed by atoms with Gasteiger partial charge in [-0.05, 0) is 61.3 Å². The molecule has 0 radical (unpaired) electrons. The number of rotatable bonds is 6. The van der Waals surface area contributed by atoms with E-state index in [1.54, 1.807) is 11.3 Å². The van der Waals surface area contributed by atoms with Gasteiger partial charge in [0.05, 0.1) is 21.2 Å². The lowest BCUT2D eigenvalue weighted by atomic mass is 9.57. The Bertz CT molecular complexity index is 1380. The van der Waals surface area contributed by atoms with Crippen LogP contribution in [0, 0.1) is 5.41 Å². The molecule has 0 spiro atoms. The van der Waals surface area contributed by atoms with Crippen molar-refractivity contribution in [1.29, 1.82) is 0 Å².